The standard InChI is InChI=1S/C11H12F2N2/c1-11(2,7-14)15(3)8-4-5-9(12)10(13)6-8/h4-6H,1-3H3. The maximum atomic E-state index is 12.9. The second-order valence-electron chi connectivity index (χ2n) is 3.83. The molecule has 1 aromatic rings. The topological polar surface area (TPSA) is 27.0 Å². The van der Waals surface area contributed by atoms with E-state index in [0.29, 0.717) is 5.69 Å². The molecule has 0 radical (unpaired) electrons. The van der Waals surface area contributed by atoms with Crippen molar-refractivity contribution in [1.82, 2.24) is 0 Å². The predicted octanol–water partition coefficient (Wildman–Crippen LogP) is 2.70. The van der Waals surface area contributed by atoms with Gasteiger partial charge in [-0.2, -0.15) is 5.26 Å². The van der Waals surface area contributed by atoms with Gasteiger partial charge < -0.3 is 4.90 Å². The fraction of sp³-hybridized carbons (Fsp3) is 0.364. The van der Waals surface area contributed by atoms with Crippen molar-refractivity contribution in [3.05, 3.63) is 29.8 Å². The molecule has 0 aliphatic carbocycles. The summed E-state index contributed by atoms with van der Waals surface area (Å²) in [5.74, 6) is -1.80. The van der Waals surface area contributed by atoms with Gasteiger partial charge in [0.1, 0.15) is 5.54 Å². The molecule has 0 bridgehead atoms. The second kappa shape index (κ2) is 3.85. The van der Waals surface area contributed by atoms with Crippen LogP contribution in [0.15, 0.2) is 18.2 Å². The van der Waals surface area contributed by atoms with Crippen LogP contribution in [0.4, 0.5) is 14.5 Å². The average Bonchev–Trinajstić information content (AvgIpc) is 2.21. The van der Waals surface area contributed by atoms with Crippen LogP contribution in [0.2, 0.25) is 0 Å². The summed E-state index contributed by atoms with van der Waals surface area (Å²) < 4.78 is 25.6. The Bertz CT molecular complexity index is 408. The number of halogens is 2. The van der Waals surface area contributed by atoms with E-state index in [1.165, 1.54) is 6.07 Å². The van der Waals surface area contributed by atoms with Crippen LogP contribution in [0.25, 0.3) is 0 Å². The molecule has 0 amide bonds. The normalized spacial score (nSPS) is 10.9. The molecule has 15 heavy (non-hydrogen) atoms. The van der Waals surface area contributed by atoms with E-state index in [1.54, 1.807) is 25.8 Å². The molecule has 1 rings (SSSR count). The van der Waals surface area contributed by atoms with Crippen LogP contribution in [0.3, 0.4) is 0 Å². The van der Waals surface area contributed by atoms with Gasteiger partial charge in [0.25, 0.3) is 0 Å². The fourth-order valence-electron chi connectivity index (χ4n) is 1.09. The van der Waals surface area contributed by atoms with Gasteiger partial charge in [0, 0.05) is 18.8 Å². The smallest absolute Gasteiger partial charge is 0.160 e. The van der Waals surface area contributed by atoms with Crippen molar-refractivity contribution in [1.29, 1.82) is 5.26 Å². The van der Waals surface area contributed by atoms with Crippen molar-refractivity contribution in [3.8, 4) is 6.07 Å². The van der Waals surface area contributed by atoms with E-state index in [4.69, 9.17) is 5.26 Å². The third-order valence-electron chi connectivity index (χ3n) is 2.40. The molecule has 0 atom stereocenters. The van der Waals surface area contributed by atoms with Gasteiger partial charge in [0.05, 0.1) is 6.07 Å². The number of nitriles is 1. The molecule has 0 saturated heterocycles. The highest BCUT2D eigenvalue weighted by molar-refractivity contribution is 5.50. The second-order valence-corrected chi connectivity index (χ2v) is 3.83. The third kappa shape index (κ3) is 2.24. The van der Waals surface area contributed by atoms with Crippen LogP contribution in [-0.2, 0) is 0 Å². The van der Waals surface area contributed by atoms with E-state index in [1.807, 2.05) is 0 Å². The number of rotatable bonds is 2. The Balaban J connectivity index is 3.08. The van der Waals surface area contributed by atoms with Crippen LogP contribution in [0.5, 0.6) is 0 Å². The number of benzene rings is 1. The Hall–Kier alpha value is -1.63. The molecule has 1 aromatic carbocycles. The van der Waals surface area contributed by atoms with Gasteiger partial charge in [0.2, 0.25) is 0 Å². The van der Waals surface area contributed by atoms with Crippen LogP contribution >= 0.6 is 0 Å². The van der Waals surface area contributed by atoms with Gasteiger partial charge in [-0.3, -0.25) is 0 Å². The first-order valence-electron chi connectivity index (χ1n) is 4.48. The Morgan fingerprint density at radius 2 is 1.87 bits per heavy atom. The summed E-state index contributed by atoms with van der Waals surface area (Å²) in [4.78, 5) is 1.59. The van der Waals surface area contributed by atoms with E-state index < -0.39 is 17.2 Å². The van der Waals surface area contributed by atoms with Crippen LogP contribution in [-0.4, -0.2) is 12.6 Å². The number of nitrogens with zero attached hydrogens (tertiary/aromatic N) is 2. The largest absolute Gasteiger partial charge is 0.357 e. The van der Waals surface area contributed by atoms with Crippen molar-refractivity contribution >= 4 is 5.69 Å². The zero-order chi connectivity index (χ0) is 11.6. The van der Waals surface area contributed by atoms with Gasteiger partial charge in [0.15, 0.2) is 11.6 Å². The molecular formula is C11H12F2N2. The molecule has 0 aromatic heterocycles. The minimum Gasteiger partial charge on any atom is -0.357 e. The molecule has 0 N–H and O–H groups in total. The summed E-state index contributed by atoms with van der Waals surface area (Å²) in [5, 5.41) is 8.89. The van der Waals surface area contributed by atoms with Gasteiger partial charge in [-0.15, -0.1) is 0 Å². The average molecular weight is 210 g/mol. The lowest BCUT2D eigenvalue weighted by Gasteiger charge is -2.31. The molecule has 2 nitrogen and oxygen atoms in total. The lowest BCUT2D eigenvalue weighted by molar-refractivity contribution is 0.507. The molecule has 0 spiro atoms. The molecule has 0 saturated carbocycles. The van der Waals surface area contributed by atoms with Crippen molar-refractivity contribution in [3.63, 3.8) is 0 Å². The third-order valence-corrected chi connectivity index (χ3v) is 2.40. The zero-order valence-corrected chi connectivity index (χ0v) is 8.88. The number of hydrogen-bond donors (Lipinski definition) is 0. The maximum Gasteiger partial charge on any atom is 0.160 e. The molecular weight excluding hydrogens is 198 g/mol. The SMILES string of the molecule is CN(c1ccc(F)c(F)c1)C(C)(C)C#N. The summed E-state index contributed by atoms with van der Waals surface area (Å²) in [6.45, 7) is 3.41. The van der Waals surface area contributed by atoms with E-state index in [9.17, 15) is 8.78 Å². The van der Waals surface area contributed by atoms with E-state index in [0.717, 1.165) is 12.1 Å². The van der Waals surface area contributed by atoms with Gasteiger partial charge in [-0.25, -0.2) is 8.78 Å². The van der Waals surface area contributed by atoms with Crippen molar-refractivity contribution in [2.24, 2.45) is 0 Å². The quantitative estimate of drug-likeness (QED) is 0.750. The first kappa shape index (κ1) is 11.4. The number of hydrogen-bond acceptors (Lipinski definition) is 2. The highest BCUT2D eigenvalue weighted by Gasteiger charge is 2.23. The monoisotopic (exact) mass is 210 g/mol. The number of anilines is 1. The van der Waals surface area contributed by atoms with Crippen molar-refractivity contribution < 1.29 is 8.78 Å². The van der Waals surface area contributed by atoms with Crippen LogP contribution in [0, 0.1) is 23.0 Å². The zero-order valence-electron chi connectivity index (χ0n) is 8.88. The maximum absolute atomic E-state index is 12.9. The molecule has 0 fully saturated rings. The van der Waals surface area contributed by atoms with Gasteiger partial charge >= 0.3 is 0 Å². The predicted molar refractivity (Wildman–Crippen MR) is 54.5 cm³/mol. The fourth-order valence-corrected chi connectivity index (χ4v) is 1.09. The molecule has 80 valence electrons. The Morgan fingerprint density at radius 1 is 1.27 bits per heavy atom. The summed E-state index contributed by atoms with van der Waals surface area (Å²) >= 11 is 0. The molecule has 0 unspecified atom stereocenters. The van der Waals surface area contributed by atoms with Gasteiger partial charge in [-0.05, 0) is 26.0 Å². The highest BCUT2D eigenvalue weighted by Crippen LogP contribution is 2.23. The minimum atomic E-state index is -0.909. The Labute approximate surface area is 87.7 Å². The van der Waals surface area contributed by atoms with Gasteiger partial charge in [-0.1, -0.05) is 0 Å². The first-order chi connectivity index (χ1) is 6.88. The highest BCUT2D eigenvalue weighted by atomic mass is 19.2. The van der Waals surface area contributed by atoms with E-state index in [2.05, 4.69) is 6.07 Å². The summed E-state index contributed by atoms with van der Waals surface area (Å²) in [7, 11) is 1.66. The van der Waals surface area contributed by atoms with Crippen LogP contribution < -0.4 is 4.90 Å². The summed E-state index contributed by atoms with van der Waals surface area (Å²) in [5.41, 5.74) is -0.287. The lowest BCUT2D eigenvalue weighted by Crippen LogP contribution is -2.39. The molecule has 0 aliphatic heterocycles. The Morgan fingerprint density at radius 3 is 2.33 bits per heavy atom. The van der Waals surface area contributed by atoms with E-state index in [-0.39, 0.29) is 0 Å². The lowest BCUT2D eigenvalue weighted by atomic mass is 10.1. The molecule has 4 heteroatoms. The summed E-state index contributed by atoms with van der Waals surface area (Å²) in [6, 6.07) is 5.65. The molecule has 0 heterocycles. The van der Waals surface area contributed by atoms with E-state index >= 15 is 0 Å². The van der Waals surface area contributed by atoms with Crippen LogP contribution in [0.1, 0.15) is 13.8 Å². The molecule has 0 aliphatic rings. The Kier molecular flexibility index (Phi) is 2.94. The first-order valence-corrected chi connectivity index (χ1v) is 4.48. The summed E-state index contributed by atoms with van der Waals surface area (Å²) in [6.07, 6.45) is 0. The van der Waals surface area contributed by atoms with Crippen molar-refractivity contribution in [2.75, 3.05) is 11.9 Å². The van der Waals surface area contributed by atoms with Crippen molar-refractivity contribution in [2.45, 2.75) is 19.4 Å². The minimum absolute atomic E-state index is 0.473.